The maximum atomic E-state index is 12.0. The van der Waals surface area contributed by atoms with Crippen molar-refractivity contribution in [3.63, 3.8) is 0 Å². The molecule has 0 aliphatic heterocycles. The fourth-order valence-electron chi connectivity index (χ4n) is 2.10. The average molecular weight is 262 g/mol. The predicted octanol–water partition coefficient (Wildman–Crippen LogP) is 2.81. The molecule has 0 bridgehead atoms. The standard InChI is InChI=1S/C16H26N2O/c1-4-16(17,5-2)15(19)18-12-11-13(3)14-9-7-6-8-10-14/h6-10,13H,4-5,11-12,17H2,1-3H3,(H,18,19). The van der Waals surface area contributed by atoms with Crippen LogP contribution in [-0.4, -0.2) is 18.0 Å². The number of hydrogen-bond acceptors (Lipinski definition) is 2. The van der Waals surface area contributed by atoms with Crippen molar-refractivity contribution in [1.82, 2.24) is 5.32 Å². The molecule has 0 aromatic heterocycles. The van der Waals surface area contributed by atoms with Gasteiger partial charge in [-0.1, -0.05) is 51.1 Å². The molecule has 106 valence electrons. The van der Waals surface area contributed by atoms with Crippen LogP contribution in [0.25, 0.3) is 0 Å². The van der Waals surface area contributed by atoms with Crippen molar-refractivity contribution in [2.45, 2.75) is 51.5 Å². The fourth-order valence-corrected chi connectivity index (χ4v) is 2.10. The summed E-state index contributed by atoms with van der Waals surface area (Å²) in [6, 6.07) is 10.4. The Morgan fingerprint density at radius 1 is 1.26 bits per heavy atom. The third-order valence-corrected chi connectivity index (χ3v) is 3.95. The van der Waals surface area contributed by atoms with Crippen molar-refractivity contribution in [1.29, 1.82) is 0 Å². The summed E-state index contributed by atoms with van der Waals surface area (Å²) in [5.41, 5.74) is 6.65. The second-order valence-corrected chi connectivity index (χ2v) is 5.22. The Morgan fingerprint density at radius 2 is 1.84 bits per heavy atom. The summed E-state index contributed by atoms with van der Waals surface area (Å²) < 4.78 is 0. The Labute approximate surface area is 116 Å². The van der Waals surface area contributed by atoms with Crippen molar-refractivity contribution in [3.8, 4) is 0 Å². The molecule has 19 heavy (non-hydrogen) atoms. The Hall–Kier alpha value is -1.35. The van der Waals surface area contributed by atoms with E-state index in [4.69, 9.17) is 5.73 Å². The maximum Gasteiger partial charge on any atom is 0.240 e. The molecule has 3 N–H and O–H groups in total. The van der Waals surface area contributed by atoms with Crippen LogP contribution in [0, 0.1) is 0 Å². The van der Waals surface area contributed by atoms with Gasteiger partial charge in [0.1, 0.15) is 0 Å². The first-order valence-electron chi connectivity index (χ1n) is 7.15. The average Bonchev–Trinajstić information content (AvgIpc) is 2.47. The van der Waals surface area contributed by atoms with Crippen molar-refractivity contribution in [2.75, 3.05) is 6.54 Å². The van der Waals surface area contributed by atoms with Gasteiger partial charge in [0.25, 0.3) is 0 Å². The highest BCUT2D eigenvalue weighted by atomic mass is 16.2. The number of benzene rings is 1. The fraction of sp³-hybridized carbons (Fsp3) is 0.562. The lowest BCUT2D eigenvalue weighted by Crippen LogP contribution is -2.53. The van der Waals surface area contributed by atoms with E-state index in [1.54, 1.807) is 0 Å². The normalized spacial score (nSPS) is 13.1. The zero-order valence-corrected chi connectivity index (χ0v) is 12.3. The van der Waals surface area contributed by atoms with Gasteiger partial charge in [0.15, 0.2) is 0 Å². The van der Waals surface area contributed by atoms with Crippen LogP contribution in [0.2, 0.25) is 0 Å². The highest BCUT2D eigenvalue weighted by molar-refractivity contribution is 5.85. The van der Waals surface area contributed by atoms with Gasteiger partial charge in [0, 0.05) is 6.54 Å². The summed E-state index contributed by atoms with van der Waals surface area (Å²) in [5, 5.41) is 2.96. The van der Waals surface area contributed by atoms with Gasteiger partial charge in [-0.2, -0.15) is 0 Å². The first-order valence-corrected chi connectivity index (χ1v) is 7.15. The summed E-state index contributed by atoms with van der Waals surface area (Å²) in [4.78, 5) is 12.0. The van der Waals surface area contributed by atoms with Crippen LogP contribution in [0.5, 0.6) is 0 Å². The van der Waals surface area contributed by atoms with Crippen molar-refractivity contribution >= 4 is 5.91 Å². The number of rotatable bonds is 7. The minimum Gasteiger partial charge on any atom is -0.354 e. The zero-order chi connectivity index (χ0) is 14.3. The van der Waals surface area contributed by atoms with E-state index >= 15 is 0 Å². The molecular formula is C16H26N2O. The second kappa shape index (κ2) is 7.29. The first kappa shape index (κ1) is 15.7. The van der Waals surface area contributed by atoms with Crippen molar-refractivity contribution < 1.29 is 4.79 Å². The smallest absolute Gasteiger partial charge is 0.240 e. The second-order valence-electron chi connectivity index (χ2n) is 5.22. The van der Waals surface area contributed by atoms with Gasteiger partial charge in [-0.15, -0.1) is 0 Å². The molecule has 1 aromatic carbocycles. The summed E-state index contributed by atoms with van der Waals surface area (Å²) in [5.74, 6) is 0.412. The lowest BCUT2D eigenvalue weighted by molar-refractivity contribution is -0.126. The molecule has 0 radical (unpaired) electrons. The van der Waals surface area contributed by atoms with Crippen LogP contribution in [0.4, 0.5) is 0 Å². The molecule has 1 unspecified atom stereocenters. The number of carbonyl (C=O) groups is 1. The van der Waals surface area contributed by atoms with Crippen molar-refractivity contribution in [2.24, 2.45) is 5.73 Å². The maximum absolute atomic E-state index is 12.0. The van der Waals surface area contributed by atoms with Crippen molar-refractivity contribution in [3.05, 3.63) is 35.9 Å². The molecule has 0 aliphatic rings. The molecule has 0 saturated carbocycles. The van der Waals surface area contributed by atoms with Crippen LogP contribution in [0.1, 0.15) is 51.5 Å². The van der Waals surface area contributed by atoms with Crippen LogP contribution in [0.15, 0.2) is 30.3 Å². The van der Waals surface area contributed by atoms with E-state index in [0.717, 1.165) is 6.42 Å². The van der Waals surface area contributed by atoms with Gasteiger partial charge in [-0.25, -0.2) is 0 Å². The van der Waals surface area contributed by atoms with E-state index in [9.17, 15) is 4.79 Å². The largest absolute Gasteiger partial charge is 0.354 e. The summed E-state index contributed by atoms with van der Waals surface area (Å²) in [6.45, 7) is 6.76. The van der Waals surface area contributed by atoms with E-state index in [0.29, 0.717) is 25.3 Å². The number of amides is 1. The monoisotopic (exact) mass is 262 g/mol. The van der Waals surface area contributed by atoms with Gasteiger partial charge in [0.05, 0.1) is 5.54 Å². The summed E-state index contributed by atoms with van der Waals surface area (Å²) >= 11 is 0. The molecule has 1 aromatic rings. The van der Waals surface area contributed by atoms with Gasteiger partial charge in [0.2, 0.25) is 5.91 Å². The number of nitrogens with two attached hydrogens (primary N) is 1. The van der Waals surface area contributed by atoms with E-state index in [1.165, 1.54) is 5.56 Å². The molecule has 1 amide bonds. The van der Waals surface area contributed by atoms with E-state index in [1.807, 2.05) is 32.0 Å². The molecule has 0 saturated heterocycles. The lowest BCUT2D eigenvalue weighted by Gasteiger charge is -2.25. The Kier molecular flexibility index (Phi) is 6.03. The van der Waals surface area contributed by atoms with Crippen LogP contribution in [-0.2, 0) is 4.79 Å². The van der Waals surface area contributed by atoms with Crippen LogP contribution >= 0.6 is 0 Å². The summed E-state index contributed by atoms with van der Waals surface area (Å²) in [7, 11) is 0. The lowest BCUT2D eigenvalue weighted by atomic mass is 9.93. The van der Waals surface area contributed by atoms with E-state index in [-0.39, 0.29) is 5.91 Å². The molecule has 3 heteroatoms. The minimum atomic E-state index is -0.712. The highest BCUT2D eigenvalue weighted by Gasteiger charge is 2.29. The van der Waals surface area contributed by atoms with E-state index < -0.39 is 5.54 Å². The Morgan fingerprint density at radius 3 is 2.37 bits per heavy atom. The molecule has 0 aliphatic carbocycles. The van der Waals surface area contributed by atoms with Gasteiger partial charge in [-0.05, 0) is 30.7 Å². The van der Waals surface area contributed by atoms with Crippen LogP contribution in [0.3, 0.4) is 0 Å². The Balaban J connectivity index is 2.40. The molecule has 0 fully saturated rings. The number of hydrogen-bond donors (Lipinski definition) is 2. The third kappa shape index (κ3) is 4.35. The van der Waals surface area contributed by atoms with E-state index in [2.05, 4.69) is 24.4 Å². The molecule has 0 heterocycles. The third-order valence-electron chi connectivity index (χ3n) is 3.95. The number of carbonyl (C=O) groups excluding carboxylic acids is 1. The molecule has 1 atom stereocenters. The van der Waals surface area contributed by atoms with Gasteiger partial charge in [-0.3, -0.25) is 4.79 Å². The van der Waals surface area contributed by atoms with Crippen LogP contribution < -0.4 is 11.1 Å². The Bertz CT molecular complexity index is 385. The predicted molar refractivity (Wildman–Crippen MR) is 80.0 cm³/mol. The minimum absolute atomic E-state index is 0.0299. The topological polar surface area (TPSA) is 55.1 Å². The zero-order valence-electron chi connectivity index (χ0n) is 12.3. The SMILES string of the molecule is CCC(N)(CC)C(=O)NCCC(C)c1ccccc1. The van der Waals surface area contributed by atoms with Gasteiger partial charge >= 0.3 is 0 Å². The molecular weight excluding hydrogens is 236 g/mol. The summed E-state index contributed by atoms with van der Waals surface area (Å²) in [6.07, 6.45) is 2.27. The quantitative estimate of drug-likeness (QED) is 0.794. The molecule has 1 rings (SSSR count). The van der Waals surface area contributed by atoms with Gasteiger partial charge < -0.3 is 11.1 Å². The highest BCUT2D eigenvalue weighted by Crippen LogP contribution is 2.18. The number of nitrogens with one attached hydrogen (secondary N) is 1. The molecule has 0 spiro atoms. The molecule has 3 nitrogen and oxygen atoms in total. The first-order chi connectivity index (χ1) is 9.03.